The third-order valence-electron chi connectivity index (χ3n) is 9.08. The van der Waals surface area contributed by atoms with Gasteiger partial charge in [0, 0.05) is 13.0 Å². The van der Waals surface area contributed by atoms with Crippen LogP contribution in [0, 0.1) is 0 Å². The molecule has 0 bridgehead atoms. The SMILES string of the molecule is CCCCCCCC/C=C\CCCCCCCCOC(COC(=O)CCCCCCCCCCCCCCC)COP(=O)(O)OCC(N)C(=O)O. The number of ether oxygens (including phenoxy) is 2. The average Bonchev–Trinajstić information content (AvgIpc) is 3.11. The number of aliphatic carboxylic acids is 1. The zero-order valence-corrected chi connectivity index (χ0v) is 33.6. The molecule has 0 aromatic carbocycles. The van der Waals surface area contributed by atoms with Crippen molar-refractivity contribution in [3.05, 3.63) is 12.2 Å². The monoisotopic (exact) mass is 748 g/mol. The van der Waals surface area contributed by atoms with E-state index in [9.17, 15) is 19.0 Å². The predicted octanol–water partition coefficient (Wildman–Crippen LogP) is 11.0. The van der Waals surface area contributed by atoms with Crippen molar-refractivity contribution in [1.82, 2.24) is 0 Å². The molecule has 51 heavy (non-hydrogen) atoms. The van der Waals surface area contributed by atoms with Crippen molar-refractivity contribution in [3.8, 4) is 0 Å². The number of carbonyl (C=O) groups excluding carboxylic acids is 1. The Bertz CT molecular complexity index is 873. The van der Waals surface area contributed by atoms with E-state index in [-0.39, 0.29) is 19.2 Å². The molecule has 0 radical (unpaired) electrons. The molecular weight excluding hydrogens is 669 g/mol. The number of phosphoric ester groups is 1. The summed E-state index contributed by atoms with van der Waals surface area (Å²) in [5, 5.41) is 8.88. The second-order valence-electron chi connectivity index (χ2n) is 14.1. The molecule has 0 saturated heterocycles. The number of hydrogen-bond acceptors (Lipinski definition) is 8. The van der Waals surface area contributed by atoms with E-state index in [2.05, 4.69) is 26.0 Å². The van der Waals surface area contributed by atoms with Gasteiger partial charge in [-0.15, -0.1) is 0 Å². The number of esters is 1. The molecule has 3 atom stereocenters. The fourth-order valence-corrected chi connectivity index (χ4v) is 6.53. The molecule has 0 saturated carbocycles. The lowest BCUT2D eigenvalue weighted by molar-refractivity contribution is -0.149. The van der Waals surface area contributed by atoms with Crippen molar-refractivity contribution in [1.29, 1.82) is 0 Å². The van der Waals surface area contributed by atoms with Gasteiger partial charge in [-0.3, -0.25) is 18.6 Å². The lowest BCUT2D eigenvalue weighted by Crippen LogP contribution is -2.34. The maximum absolute atomic E-state index is 12.4. The highest BCUT2D eigenvalue weighted by Crippen LogP contribution is 2.43. The van der Waals surface area contributed by atoms with Crippen LogP contribution in [0.4, 0.5) is 0 Å². The van der Waals surface area contributed by atoms with E-state index >= 15 is 0 Å². The molecule has 4 N–H and O–H groups in total. The highest BCUT2D eigenvalue weighted by molar-refractivity contribution is 7.47. The Balaban J connectivity index is 4.25. The lowest BCUT2D eigenvalue weighted by Gasteiger charge is -2.20. The summed E-state index contributed by atoms with van der Waals surface area (Å²) < 4.78 is 33.3. The second kappa shape index (κ2) is 37.0. The van der Waals surface area contributed by atoms with E-state index < -0.39 is 32.5 Å². The molecule has 0 rings (SSSR count). The van der Waals surface area contributed by atoms with Gasteiger partial charge < -0.3 is 25.2 Å². The Morgan fingerprint density at radius 3 is 1.49 bits per heavy atom. The van der Waals surface area contributed by atoms with Gasteiger partial charge in [-0.05, 0) is 38.5 Å². The molecule has 302 valence electrons. The molecule has 0 aromatic heterocycles. The summed E-state index contributed by atoms with van der Waals surface area (Å²) >= 11 is 0. The summed E-state index contributed by atoms with van der Waals surface area (Å²) in [7, 11) is -4.58. The van der Waals surface area contributed by atoms with E-state index in [0.29, 0.717) is 13.0 Å². The summed E-state index contributed by atoms with van der Waals surface area (Å²) in [5.74, 6) is -1.69. The van der Waals surface area contributed by atoms with Crippen LogP contribution in [0.3, 0.4) is 0 Å². The molecule has 11 heteroatoms. The largest absolute Gasteiger partial charge is 0.480 e. The first-order valence-corrected chi connectivity index (χ1v) is 22.2. The van der Waals surface area contributed by atoms with E-state index in [4.69, 9.17) is 29.4 Å². The van der Waals surface area contributed by atoms with Gasteiger partial charge in [0.15, 0.2) is 0 Å². The topological polar surface area (TPSA) is 155 Å². The molecule has 0 aromatic rings. The molecule has 0 spiro atoms. The molecule has 3 unspecified atom stereocenters. The molecule has 0 aliphatic heterocycles. The Labute approximate surface area is 312 Å². The smallest absolute Gasteiger partial charge is 0.472 e. The van der Waals surface area contributed by atoms with Gasteiger partial charge in [0.1, 0.15) is 18.8 Å². The van der Waals surface area contributed by atoms with Crippen molar-refractivity contribution in [2.24, 2.45) is 5.73 Å². The number of allylic oxidation sites excluding steroid dienone is 2. The van der Waals surface area contributed by atoms with Gasteiger partial charge in [0.25, 0.3) is 0 Å². The summed E-state index contributed by atoms with van der Waals surface area (Å²) in [5.41, 5.74) is 5.35. The number of carbonyl (C=O) groups is 2. The maximum atomic E-state index is 12.4. The van der Waals surface area contributed by atoms with Crippen molar-refractivity contribution in [2.45, 2.75) is 206 Å². The molecule has 0 aliphatic carbocycles. The van der Waals surface area contributed by atoms with Crippen molar-refractivity contribution < 1.29 is 42.7 Å². The Hall–Kier alpha value is -1.29. The number of unbranched alkanes of at least 4 members (excludes halogenated alkanes) is 24. The van der Waals surface area contributed by atoms with E-state index in [1.54, 1.807) is 0 Å². The molecule has 0 aliphatic rings. The second-order valence-corrected chi connectivity index (χ2v) is 15.6. The highest BCUT2D eigenvalue weighted by Gasteiger charge is 2.27. The van der Waals surface area contributed by atoms with Gasteiger partial charge in [-0.1, -0.05) is 161 Å². The lowest BCUT2D eigenvalue weighted by atomic mass is 10.0. The summed E-state index contributed by atoms with van der Waals surface area (Å²) in [4.78, 5) is 33.3. The van der Waals surface area contributed by atoms with E-state index in [1.807, 2.05) is 0 Å². The third-order valence-corrected chi connectivity index (χ3v) is 10.0. The first-order chi connectivity index (χ1) is 24.7. The van der Waals surface area contributed by atoms with Crippen molar-refractivity contribution in [3.63, 3.8) is 0 Å². The first-order valence-electron chi connectivity index (χ1n) is 20.7. The van der Waals surface area contributed by atoms with Gasteiger partial charge in [-0.2, -0.15) is 0 Å². The number of nitrogens with two attached hydrogens (primary N) is 1. The molecule has 0 heterocycles. The summed E-state index contributed by atoms with van der Waals surface area (Å²) in [6, 6.07) is -1.46. The van der Waals surface area contributed by atoms with Crippen LogP contribution in [0.1, 0.15) is 194 Å². The number of hydrogen-bond donors (Lipinski definition) is 3. The average molecular weight is 748 g/mol. The minimum absolute atomic E-state index is 0.113. The van der Waals surface area contributed by atoms with Crippen LogP contribution in [-0.4, -0.2) is 60.5 Å². The summed E-state index contributed by atoms with van der Waals surface area (Å²) in [6.45, 7) is 3.74. The van der Waals surface area contributed by atoms with Gasteiger partial charge in [0.2, 0.25) is 0 Å². The zero-order valence-electron chi connectivity index (χ0n) is 32.7. The van der Waals surface area contributed by atoms with Crippen LogP contribution >= 0.6 is 7.82 Å². The van der Waals surface area contributed by atoms with Crippen molar-refractivity contribution >= 4 is 19.8 Å². The number of rotatable bonds is 40. The molecular formula is C40H78NO9P. The highest BCUT2D eigenvalue weighted by atomic mass is 31.2. The van der Waals surface area contributed by atoms with E-state index in [1.165, 1.54) is 122 Å². The normalized spacial score (nSPS) is 14.1. The third kappa shape index (κ3) is 36.8. The standard InChI is InChI=1S/C40H78NO9P/c1-3-5-7-9-11-13-15-17-18-19-21-23-25-27-29-31-33-47-37(35-49-51(45,46)50-36-38(41)40(43)44)34-48-39(42)32-30-28-26-24-22-20-16-14-12-10-8-6-4-2/h17-18,37-38H,3-16,19-36,41H2,1-2H3,(H,43,44)(H,45,46)/b18-17-. The van der Waals surface area contributed by atoms with Crippen LogP contribution in [0.2, 0.25) is 0 Å². The first kappa shape index (κ1) is 49.7. The number of carboxylic acids is 1. The zero-order chi connectivity index (χ0) is 37.7. The minimum Gasteiger partial charge on any atom is -0.480 e. The molecule has 0 amide bonds. The number of phosphoric acid groups is 1. The van der Waals surface area contributed by atoms with Gasteiger partial charge in [-0.25, -0.2) is 4.57 Å². The predicted molar refractivity (Wildman–Crippen MR) is 208 cm³/mol. The molecule has 0 fully saturated rings. The fourth-order valence-electron chi connectivity index (χ4n) is 5.75. The van der Waals surface area contributed by atoms with Gasteiger partial charge >= 0.3 is 19.8 Å². The maximum Gasteiger partial charge on any atom is 0.472 e. The number of carboxylic acid groups (broad SMARTS) is 1. The van der Waals surface area contributed by atoms with Crippen molar-refractivity contribution in [2.75, 3.05) is 26.4 Å². The Morgan fingerprint density at radius 1 is 0.608 bits per heavy atom. The molecule has 10 nitrogen and oxygen atoms in total. The fraction of sp³-hybridized carbons (Fsp3) is 0.900. The van der Waals surface area contributed by atoms with Crippen LogP contribution in [0.5, 0.6) is 0 Å². The van der Waals surface area contributed by atoms with Gasteiger partial charge in [0.05, 0.1) is 13.2 Å². The van der Waals surface area contributed by atoms with Crippen LogP contribution < -0.4 is 5.73 Å². The summed E-state index contributed by atoms with van der Waals surface area (Å²) in [6.07, 6.45) is 37.0. The minimum atomic E-state index is -4.58. The Morgan fingerprint density at radius 2 is 1.02 bits per heavy atom. The van der Waals surface area contributed by atoms with Crippen LogP contribution in [-0.2, 0) is 32.7 Å². The Kier molecular flexibility index (Phi) is 36.1. The van der Waals surface area contributed by atoms with Crippen LogP contribution in [0.25, 0.3) is 0 Å². The van der Waals surface area contributed by atoms with Crippen LogP contribution in [0.15, 0.2) is 12.2 Å². The quantitative estimate of drug-likeness (QED) is 0.0239. The van der Waals surface area contributed by atoms with E-state index in [0.717, 1.165) is 51.4 Å².